The maximum atomic E-state index is 12.4. The summed E-state index contributed by atoms with van der Waals surface area (Å²) in [5.41, 5.74) is 0. The van der Waals surface area contributed by atoms with Crippen molar-refractivity contribution >= 4 is 5.91 Å². The SMILES string of the molecule is CCCCCCCCCCCCCCCCCCCCCCCCC/C=C/C(O)C(CO)NC(=O)CC(O)CCCCCCCCCCCCC. The van der Waals surface area contributed by atoms with Gasteiger partial charge in [-0.05, 0) is 19.3 Å². The summed E-state index contributed by atoms with van der Waals surface area (Å²) in [6.45, 7) is 4.22. The molecule has 1 amide bonds. The number of hydrogen-bond acceptors (Lipinski definition) is 4. The highest BCUT2D eigenvalue weighted by Crippen LogP contribution is 2.17. The number of unbranched alkanes of at least 4 members (excludes halogenated alkanes) is 33. The summed E-state index contributed by atoms with van der Waals surface area (Å²) in [5, 5.41) is 33.2. The average Bonchev–Trinajstić information content (AvgIpc) is 3.12. The number of rotatable bonds is 42. The van der Waals surface area contributed by atoms with Gasteiger partial charge in [0.1, 0.15) is 0 Å². The van der Waals surface area contributed by atoms with Crippen LogP contribution in [0.2, 0.25) is 0 Å². The number of hydrogen-bond donors (Lipinski definition) is 4. The molecule has 5 heteroatoms. The van der Waals surface area contributed by atoms with Crippen molar-refractivity contribution in [3.05, 3.63) is 12.2 Å². The summed E-state index contributed by atoms with van der Waals surface area (Å²) in [6.07, 6.45) is 49.4. The first-order chi connectivity index (χ1) is 25.0. The third-order valence-corrected chi connectivity index (χ3v) is 10.8. The molecule has 0 radical (unpaired) electrons. The first kappa shape index (κ1) is 50.1. The molecule has 5 nitrogen and oxygen atoms in total. The molecule has 4 N–H and O–H groups in total. The molecule has 51 heavy (non-hydrogen) atoms. The molecule has 0 aliphatic rings. The Morgan fingerprint density at radius 3 is 1.14 bits per heavy atom. The van der Waals surface area contributed by atoms with E-state index >= 15 is 0 Å². The van der Waals surface area contributed by atoms with Crippen LogP contribution in [0.25, 0.3) is 0 Å². The lowest BCUT2D eigenvalue weighted by Gasteiger charge is -2.21. The third kappa shape index (κ3) is 38.6. The lowest BCUT2D eigenvalue weighted by Crippen LogP contribution is -2.45. The largest absolute Gasteiger partial charge is 0.394 e. The van der Waals surface area contributed by atoms with E-state index in [4.69, 9.17) is 0 Å². The molecule has 0 aromatic rings. The minimum atomic E-state index is -0.924. The highest BCUT2D eigenvalue weighted by Gasteiger charge is 2.20. The van der Waals surface area contributed by atoms with Crippen LogP contribution < -0.4 is 5.32 Å². The van der Waals surface area contributed by atoms with Gasteiger partial charge in [-0.2, -0.15) is 0 Å². The van der Waals surface area contributed by atoms with Crippen molar-refractivity contribution in [2.45, 2.75) is 270 Å². The molecule has 0 aromatic heterocycles. The number of nitrogens with one attached hydrogen (secondary N) is 1. The number of amides is 1. The van der Waals surface area contributed by atoms with Gasteiger partial charge in [0.25, 0.3) is 0 Å². The van der Waals surface area contributed by atoms with Crippen molar-refractivity contribution in [2.75, 3.05) is 6.61 Å². The van der Waals surface area contributed by atoms with E-state index < -0.39 is 18.2 Å². The van der Waals surface area contributed by atoms with Gasteiger partial charge in [0.15, 0.2) is 0 Å². The molecule has 0 heterocycles. The van der Waals surface area contributed by atoms with E-state index in [9.17, 15) is 20.1 Å². The van der Waals surface area contributed by atoms with Gasteiger partial charge < -0.3 is 20.6 Å². The summed E-state index contributed by atoms with van der Waals surface area (Å²) < 4.78 is 0. The fourth-order valence-electron chi connectivity index (χ4n) is 7.28. The Morgan fingerprint density at radius 2 is 0.804 bits per heavy atom. The van der Waals surface area contributed by atoms with E-state index in [1.165, 1.54) is 199 Å². The van der Waals surface area contributed by atoms with E-state index in [-0.39, 0.29) is 18.9 Å². The first-order valence-electron chi connectivity index (χ1n) is 23.0. The summed E-state index contributed by atoms with van der Waals surface area (Å²) in [4.78, 5) is 12.4. The van der Waals surface area contributed by atoms with Gasteiger partial charge in [-0.15, -0.1) is 0 Å². The monoisotopic (exact) mass is 722 g/mol. The second-order valence-electron chi connectivity index (χ2n) is 16.0. The molecule has 0 aliphatic carbocycles. The molecule has 304 valence electrons. The maximum absolute atomic E-state index is 12.4. The smallest absolute Gasteiger partial charge is 0.222 e. The fourth-order valence-corrected chi connectivity index (χ4v) is 7.28. The van der Waals surface area contributed by atoms with E-state index in [0.717, 1.165) is 25.7 Å². The Labute approximate surface area is 319 Å². The molecule has 0 spiro atoms. The zero-order valence-corrected chi connectivity index (χ0v) is 34.5. The van der Waals surface area contributed by atoms with Crippen molar-refractivity contribution in [3.63, 3.8) is 0 Å². The highest BCUT2D eigenvalue weighted by atomic mass is 16.3. The highest BCUT2D eigenvalue weighted by molar-refractivity contribution is 5.76. The van der Waals surface area contributed by atoms with Crippen molar-refractivity contribution in [1.82, 2.24) is 5.32 Å². The lowest BCUT2D eigenvalue weighted by molar-refractivity contribution is -0.124. The molecule has 0 saturated heterocycles. The van der Waals surface area contributed by atoms with Crippen LogP contribution in [-0.4, -0.2) is 46.1 Å². The Kier molecular flexibility index (Phi) is 41.1. The zero-order valence-electron chi connectivity index (χ0n) is 34.5. The van der Waals surface area contributed by atoms with Gasteiger partial charge in [0.05, 0.1) is 31.3 Å². The number of aliphatic hydroxyl groups is 3. The Hall–Kier alpha value is -0.910. The Balaban J connectivity index is 3.57. The fraction of sp³-hybridized carbons (Fsp3) is 0.935. The maximum Gasteiger partial charge on any atom is 0.222 e. The Morgan fingerprint density at radius 1 is 0.490 bits per heavy atom. The van der Waals surface area contributed by atoms with Gasteiger partial charge in [-0.1, -0.05) is 238 Å². The van der Waals surface area contributed by atoms with Crippen LogP contribution in [0.5, 0.6) is 0 Å². The zero-order chi connectivity index (χ0) is 37.3. The number of aliphatic hydroxyl groups excluding tert-OH is 3. The molecule has 0 fully saturated rings. The summed E-state index contributed by atoms with van der Waals surface area (Å²) in [5.74, 6) is -0.313. The standard InChI is InChI=1S/C46H91NO4/c1-3-5-7-9-11-13-15-16-17-18-19-20-21-22-23-24-25-26-27-28-30-32-34-36-38-40-45(50)44(42-48)47-46(51)41-43(49)39-37-35-33-31-29-14-12-10-8-6-4-2/h38,40,43-45,48-50H,3-37,39,41-42H2,1-2H3,(H,47,51)/b40-38+. The third-order valence-electron chi connectivity index (χ3n) is 10.8. The van der Waals surface area contributed by atoms with Crippen LogP contribution >= 0.6 is 0 Å². The predicted molar refractivity (Wildman–Crippen MR) is 222 cm³/mol. The van der Waals surface area contributed by atoms with Crippen LogP contribution in [0.1, 0.15) is 251 Å². The molecule has 0 aromatic carbocycles. The molecular formula is C46H91NO4. The van der Waals surface area contributed by atoms with Gasteiger partial charge in [0.2, 0.25) is 5.91 Å². The van der Waals surface area contributed by atoms with E-state index in [0.29, 0.717) is 6.42 Å². The Bertz CT molecular complexity index is 713. The molecule has 0 saturated carbocycles. The minimum absolute atomic E-state index is 0.0181. The van der Waals surface area contributed by atoms with Crippen molar-refractivity contribution in [3.8, 4) is 0 Å². The topological polar surface area (TPSA) is 89.8 Å². The molecular weight excluding hydrogens is 631 g/mol. The summed E-state index contributed by atoms with van der Waals surface area (Å²) in [6, 6.07) is -0.739. The number of carbonyl (C=O) groups excluding carboxylic acids is 1. The summed E-state index contributed by atoms with van der Waals surface area (Å²) >= 11 is 0. The van der Waals surface area contributed by atoms with Crippen LogP contribution in [0.3, 0.4) is 0 Å². The number of carbonyl (C=O) groups is 1. The van der Waals surface area contributed by atoms with E-state index in [1.807, 2.05) is 6.08 Å². The lowest BCUT2D eigenvalue weighted by atomic mass is 10.0. The van der Waals surface area contributed by atoms with Crippen LogP contribution in [-0.2, 0) is 4.79 Å². The second kappa shape index (κ2) is 41.8. The van der Waals surface area contributed by atoms with Crippen molar-refractivity contribution < 1.29 is 20.1 Å². The van der Waals surface area contributed by atoms with Gasteiger partial charge >= 0.3 is 0 Å². The second-order valence-corrected chi connectivity index (χ2v) is 16.0. The van der Waals surface area contributed by atoms with Crippen molar-refractivity contribution in [2.24, 2.45) is 0 Å². The molecule has 0 bridgehead atoms. The molecule has 3 atom stereocenters. The number of allylic oxidation sites excluding steroid dienone is 1. The quantitative estimate of drug-likeness (QED) is 0.0373. The average molecular weight is 722 g/mol. The van der Waals surface area contributed by atoms with Crippen LogP contribution in [0.4, 0.5) is 0 Å². The molecule has 0 rings (SSSR count). The van der Waals surface area contributed by atoms with Gasteiger partial charge in [-0.25, -0.2) is 0 Å². The molecule has 3 unspecified atom stereocenters. The van der Waals surface area contributed by atoms with Crippen molar-refractivity contribution in [1.29, 1.82) is 0 Å². The van der Waals surface area contributed by atoms with E-state index in [2.05, 4.69) is 19.2 Å². The van der Waals surface area contributed by atoms with Crippen LogP contribution in [0.15, 0.2) is 12.2 Å². The molecule has 0 aliphatic heterocycles. The van der Waals surface area contributed by atoms with E-state index in [1.54, 1.807) is 6.08 Å². The van der Waals surface area contributed by atoms with Gasteiger partial charge in [-0.3, -0.25) is 4.79 Å². The predicted octanol–water partition coefficient (Wildman–Crippen LogP) is 13.2. The van der Waals surface area contributed by atoms with Gasteiger partial charge in [0, 0.05) is 0 Å². The first-order valence-corrected chi connectivity index (χ1v) is 23.0. The summed E-state index contributed by atoms with van der Waals surface area (Å²) in [7, 11) is 0. The van der Waals surface area contributed by atoms with Crippen LogP contribution in [0, 0.1) is 0 Å². The normalized spacial score (nSPS) is 13.6. The minimum Gasteiger partial charge on any atom is -0.394 e.